The van der Waals surface area contributed by atoms with E-state index >= 15 is 0 Å². The van der Waals surface area contributed by atoms with Crippen LogP contribution in [0.25, 0.3) is 0 Å². The van der Waals surface area contributed by atoms with E-state index in [9.17, 15) is 0 Å². The van der Waals surface area contributed by atoms with Gasteiger partial charge in [-0.05, 0) is 30.9 Å². The fourth-order valence-corrected chi connectivity index (χ4v) is 1.78. The molecular formula is C14H17N. The van der Waals surface area contributed by atoms with Gasteiger partial charge in [-0.2, -0.15) is 0 Å². The number of hydrogen-bond donors (Lipinski definition) is 1. The highest BCUT2D eigenvalue weighted by molar-refractivity contribution is 5.42. The molecule has 2 rings (SSSR count). The monoisotopic (exact) mass is 199 g/mol. The van der Waals surface area contributed by atoms with Crippen molar-refractivity contribution in [1.82, 2.24) is 0 Å². The Balaban J connectivity index is 1.83. The normalized spacial score (nSPS) is 16.3. The van der Waals surface area contributed by atoms with Crippen LogP contribution in [0, 0.1) is 5.92 Å². The molecule has 0 spiro atoms. The summed E-state index contributed by atoms with van der Waals surface area (Å²) in [4.78, 5) is 0. The van der Waals surface area contributed by atoms with E-state index < -0.39 is 0 Å². The SMILES string of the molecule is C1=CCC(CNc2ccccc2)CC=C1. The Morgan fingerprint density at radius 1 is 1.00 bits per heavy atom. The zero-order valence-electron chi connectivity index (χ0n) is 8.89. The maximum Gasteiger partial charge on any atom is 0.0340 e. The quantitative estimate of drug-likeness (QED) is 0.784. The van der Waals surface area contributed by atoms with Crippen molar-refractivity contribution in [3.8, 4) is 0 Å². The first kappa shape index (κ1) is 10.0. The number of anilines is 1. The molecule has 0 heterocycles. The van der Waals surface area contributed by atoms with Gasteiger partial charge in [-0.15, -0.1) is 0 Å². The molecule has 1 aromatic rings. The van der Waals surface area contributed by atoms with Gasteiger partial charge in [-0.1, -0.05) is 42.5 Å². The van der Waals surface area contributed by atoms with Crippen LogP contribution in [0.3, 0.4) is 0 Å². The van der Waals surface area contributed by atoms with Crippen molar-refractivity contribution in [1.29, 1.82) is 0 Å². The first-order chi connectivity index (χ1) is 7.45. The van der Waals surface area contributed by atoms with Crippen LogP contribution < -0.4 is 5.32 Å². The van der Waals surface area contributed by atoms with Gasteiger partial charge in [0.05, 0.1) is 0 Å². The molecule has 0 radical (unpaired) electrons. The van der Waals surface area contributed by atoms with Gasteiger partial charge in [-0.25, -0.2) is 0 Å². The van der Waals surface area contributed by atoms with E-state index in [4.69, 9.17) is 0 Å². The summed E-state index contributed by atoms with van der Waals surface area (Å²) < 4.78 is 0. The van der Waals surface area contributed by atoms with Crippen LogP contribution in [-0.2, 0) is 0 Å². The third-order valence-electron chi connectivity index (χ3n) is 2.69. The van der Waals surface area contributed by atoms with Gasteiger partial charge >= 0.3 is 0 Å². The van der Waals surface area contributed by atoms with E-state index in [1.165, 1.54) is 18.5 Å². The van der Waals surface area contributed by atoms with Crippen LogP contribution in [0.1, 0.15) is 12.8 Å². The van der Waals surface area contributed by atoms with E-state index in [1.807, 2.05) is 6.07 Å². The molecule has 0 unspecified atom stereocenters. The second-order valence-electron chi connectivity index (χ2n) is 3.94. The average molecular weight is 199 g/mol. The number of para-hydroxylation sites is 1. The van der Waals surface area contributed by atoms with Gasteiger partial charge < -0.3 is 5.32 Å². The highest BCUT2D eigenvalue weighted by Gasteiger charge is 2.05. The van der Waals surface area contributed by atoms with Gasteiger partial charge in [0, 0.05) is 12.2 Å². The summed E-state index contributed by atoms with van der Waals surface area (Å²) in [6.07, 6.45) is 11.1. The Hall–Kier alpha value is -1.50. The summed E-state index contributed by atoms with van der Waals surface area (Å²) in [5.41, 5.74) is 1.22. The van der Waals surface area contributed by atoms with Crippen LogP contribution in [0.15, 0.2) is 54.6 Å². The van der Waals surface area contributed by atoms with Gasteiger partial charge in [0.2, 0.25) is 0 Å². The van der Waals surface area contributed by atoms with Crippen molar-refractivity contribution in [2.75, 3.05) is 11.9 Å². The Labute approximate surface area is 91.5 Å². The van der Waals surface area contributed by atoms with Crippen LogP contribution in [0.5, 0.6) is 0 Å². The van der Waals surface area contributed by atoms with E-state index in [0.717, 1.165) is 12.5 Å². The number of allylic oxidation sites excluding steroid dienone is 4. The molecule has 0 aromatic heterocycles. The van der Waals surface area contributed by atoms with Crippen LogP contribution in [0.4, 0.5) is 5.69 Å². The number of hydrogen-bond acceptors (Lipinski definition) is 1. The minimum atomic E-state index is 0.722. The van der Waals surface area contributed by atoms with Crippen molar-refractivity contribution in [2.45, 2.75) is 12.8 Å². The third kappa shape index (κ3) is 3.28. The van der Waals surface area contributed by atoms with Crippen LogP contribution in [-0.4, -0.2) is 6.54 Å². The number of rotatable bonds is 3. The van der Waals surface area contributed by atoms with E-state index in [1.54, 1.807) is 0 Å². The summed E-state index contributed by atoms with van der Waals surface area (Å²) in [5.74, 6) is 0.722. The molecule has 1 N–H and O–H groups in total. The molecule has 1 heteroatoms. The Morgan fingerprint density at radius 3 is 2.33 bits per heavy atom. The molecule has 1 aromatic carbocycles. The first-order valence-corrected chi connectivity index (χ1v) is 5.56. The third-order valence-corrected chi connectivity index (χ3v) is 2.69. The van der Waals surface area contributed by atoms with E-state index in [-0.39, 0.29) is 0 Å². The fourth-order valence-electron chi connectivity index (χ4n) is 1.78. The zero-order chi connectivity index (χ0) is 10.3. The standard InChI is InChI=1S/C14H17N/c1-2-5-9-13(8-4-1)12-15-14-10-6-3-7-11-14/h1-7,10-11,13,15H,8-9,12H2. The molecule has 0 atom stereocenters. The van der Waals surface area contributed by atoms with Crippen molar-refractivity contribution in [3.05, 3.63) is 54.6 Å². The first-order valence-electron chi connectivity index (χ1n) is 5.56. The lowest BCUT2D eigenvalue weighted by Crippen LogP contribution is -2.12. The molecule has 78 valence electrons. The molecule has 0 saturated carbocycles. The largest absolute Gasteiger partial charge is 0.385 e. The zero-order valence-corrected chi connectivity index (χ0v) is 8.89. The smallest absolute Gasteiger partial charge is 0.0340 e. The molecule has 0 amide bonds. The second kappa shape index (κ2) is 5.40. The van der Waals surface area contributed by atoms with Gasteiger partial charge in [0.25, 0.3) is 0 Å². The minimum Gasteiger partial charge on any atom is -0.385 e. The van der Waals surface area contributed by atoms with E-state index in [0.29, 0.717) is 0 Å². The molecule has 0 bridgehead atoms. The van der Waals surface area contributed by atoms with Crippen molar-refractivity contribution in [3.63, 3.8) is 0 Å². The Morgan fingerprint density at radius 2 is 1.67 bits per heavy atom. The summed E-state index contributed by atoms with van der Waals surface area (Å²) in [6.45, 7) is 1.05. The van der Waals surface area contributed by atoms with Crippen LogP contribution >= 0.6 is 0 Å². The molecule has 1 aliphatic carbocycles. The van der Waals surface area contributed by atoms with Crippen LogP contribution in [0.2, 0.25) is 0 Å². The topological polar surface area (TPSA) is 12.0 Å². The summed E-state index contributed by atoms with van der Waals surface area (Å²) in [6, 6.07) is 10.4. The van der Waals surface area contributed by atoms with E-state index in [2.05, 4.69) is 53.9 Å². The Kier molecular flexibility index (Phi) is 3.61. The van der Waals surface area contributed by atoms with Gasteiger partial charge in [0.1, 0.15) is 0 Å². The molecule has 0 aliphatic heterocycles. The van der Waals surface area contributed by atoms with Gasteiger partial charge in [-0.3, -0.25) is 0 Å². The maximum atomic E-state index is 3.47. The summed E-state index contributed by atoms with van der Waals surface area (Å²) in [7, 11) is 0. The minimum absolute atomic E-state index is 0.722. The lowest BCUT2D eigenvalue weighted by molar-refractivity contribution is 0.575. The number of benzene rings is 1. The highest BCUT2D eigenvalue weighted by atomic mass is 14.9. The molecule has 15 heavy (non-hydrogen) atoms. The highest BCUT2D eigenvalue weighted by Crippen LogP contribution is 2.15. The fraction of sp³-hybridized carbons (Fsp3) is 0.286. The second-order valence-corrected chi connectivity index (χ2v) is 3.94. The predicted molar refractivity (Wildman–Crippen MR) is 65.9 cm³/mol. The predicted octanol–water partition coefficient (Wildman–Crippen LogP) is 3.62. The van der Waals surface area contributed by atoms with Crippen molar-refractivity contribution >= 4 is 5.69 Å². The molecule has 0 fully saturated rings. The lowest BCUT2D eigenvalue weighted by atomic mass is 10.0. The van der Waals surface area contributed by atoms with Crippen molar-refractivity contribution < 1.29 is 0 Å². The van der Waals surface area contributed by atoms with Crippen molar-refractivity contribution in [2.24, 2.45) is 5.92 Å². The number of nitrogens with one attached hydrogen (secondary N) is 1. The molecule has 0 saturated heterocycles. The maximum absolute atomic E-state index is 3.47. The average Bonchev–Trinajstić information content (AvgIpc) is 2.56. The molecule has 1 aliphatic rings. The van der Waals surface area contributed by atoms with Gasteiger partial charge in [0.15, 0.2) is 0 Å². The summed E-state index contributed by atoms with van der Waals surface area (Å²) in [5, 5.41) is 3.47. The Bertz CT molecular complexity index is 324. The summed E-state index contributed by atoms with van der Waals surface area (Å²) >= 11 is 0. The lowest BCUT2D eigenvalue weighted by Gasteiger charge is -2.14. The molecular weight excluding hydrogens is 182 g/mol. The molecule has 1 nitrogen and oxygen atoms in total.